The number of hydrogen-bond acceptors (Lipinski definition) is 3. The van der Waals surface area contributed by atoms with Gasteiger partial charge in [-0.1, -0.05) is 11.6 Å². The molecule has 0 saturated carbocycles. The number of hydrogen-bond donors (Lipinski definition) is 1. The van der Waals surface area contributed by atoms with Gasteiger partial charge in [-0.15, -0.1) is 0 Å². The Morgan fingerprint density at radius 2 is 2.10 bits per heavy atom. The first-order valence-electron chi connectivity index (χ1n) is 6.10. The Balaban J connectivity index is 2.88. The fourth-order valence-electron chi connectivity index (χ4n) is 1.60. The van der Waals surface area contributed by atoms with Gasteiger partial charge in [-0.25, -0.2) is 9.18 Å². The lowest BCUT2D eigenvalue weighted by Crippen LogP contribution is -2.35. The molecule has 1 rings (SSSR count). The molecule has 4 nitrogen and oxygen atoms in total. The molecular formula is C14H17ClFNO3. The van der Waals surface area contributed by atoms with Crippen LogP contribution in [0.3, 0.4) is 0 Å². The van der Waals surface area contributed by atoms with Crippen molar-refractivity contribution >= 4 is 24.0 Å². The Morgan fingerprint density at radius 3 is 2.60 bits per heavy atom. The summed E-state index contributed by atoms with van der Waals surface area (Å²) in [6.07, 6.45) is -0.0374. The molecule has 0 heterocycles. The van der Waals surface area contributed by atoms with Gasteiger partial charge in [0.15, 0.2) is 0 Å². The lowest BCUT2D eigenvalue weighted by Gasteiger charge is -2.23. The van der Waals surface area contributed by atoms with E-state index in [9.17, 15) is 14.0 Å². The van der Waals surface area contributed by atoms with Crippen LogP contribution in [-0.2, 0) is 9.53 Å². The average molecular weight is 302 g/mol. The summed E-state index contributed by atoms with van der Waals surface area (Å²) in [5, 5.41) is 2.72. The second kappa shape index (κ2) is 6.70. The maximum atomic E-state index is 13.3. The van der Waals surface area contributed by atoms with Crippen molar-refractivity contribution in [1.82, 2.24) is 5.32 Å². The molecule has 1 N–H and O–H groups in total. The van der Waals surface area contributed by atoms with Crippen LogP contribution in [0.25, 0.3) is 0 Å². The van der Waals surface area contributed by atoms with Crippen LogP contribution in [0.15, 0.2) is 18.2 Å². The first kappa shape index (κ1) is 16.4. The van der Waals surface area contributed by atoms with Crippen molar-refractivity contribution in [2.75, 3.05) is 0 Å². The highest BCUT2D eigenvalue weighted by atomic mass is 35.5. The smallest absolute Gasteiger partial charge is 0.408 e. The fourth-order valence-corrected chi connectivity index (χ4v) is 1.83. The van der Waals surface area contributed by atoms with Crippen LogP contribution in [0.5, 0.6) is 0 Å². The number of rotatable bonds is 4. The van der Waals surface area contributed by atoms with E-state index in [1.165, 1.54) is 12.1 Å². The molecule has 1 aromatic carbocycles. The number of carbonyl (C=O) groups is 2. The first-order valence-corrected chi connectivity index (χ1v) is 6.48. The lowest BCUT2D eigenvalue weighted by atomic mass is 10.0. The number of aldehydes is 1. The Bertz CT molecular complexity index is 479. The molecular weight excluding hydrogens is 285 g/mol. The first-order chi connectivity index (χ1) is 9.21. The van der Waals surface area contributed by atoms with Crippen molar-refractivity contribution in [2.24, 2.45) is 0 Å². The van der Waals surface area contributed by atoms with E-state index >= 15 is 0 Å². The van der Waals surface area contributed by atoms with E-state index in [2.05, 4.69) is 5.32 Å². The van der Waals surface area contributed by atoms with Crippen molar-refractivity contribution < 1.29 is 18.7 Å². The normalized spacial score (nSPS) is 12.7. The molecule has 0 fully saturated rings. The van der Waals surface area contributed by atoms with Crippen molar-refractivity contribution in [2.45, 2.75) is 38.8 Å². The van der Waals surface area contributed by atoms with E-state index in [1.807, 2.05) is 0 Å². The van der Waals surface area contributed by atoms with Gasteiger partial charge in [-0.3, -0.25) is 0 Å². The maximum absolute atomic E-state index is 13.3. The lowest BCUT2D eigenvalue weighted by molar-refractivity contribution is -0.108. The van der Waals surface area contributed by atoms with Gasteiger partial charge in [0, 0.05) is 11.4 Å². The van der Waals surface area contributed by atoms with Crippen LogP contribution in [0, 0.1) is 5.82 Å². The van der Waals surface area contributed by atoms with E-state index in [1.54, 1.807) is 20.8 Å². The standard InChI is InChI=1S/C14H17ClFNO3/c1-14(2,3)20-13(19)17-12(4-5-18)9-6-10(15)8-11(16)7-9/h5-8,12H,4H2,1-3H3,(H,17,19)/t12-/m1/s1. The van der Waals surface area contributed by atoms with Crippen molar-refractivity contribution in [1.29, 1.82) is 0 Å². The van der Waals surface area contributed by atoms with Gasteiger partial charge in [-0.05, 0) is 44.5 Å². The topological polar surface area (TPSA) is 55.4 Å². The second-order valence-corrected chi connectivity index (χ2v) is 5.74. The van der Waals surface area contributed by atoms with Gasteiger partial charge < -0.3 is 14.8 Å². The molecule has 0 aliphatic heterocycles. The van der Waals surface area contributed by atoms with Crippen LogP contribution in [-0.4, -0.2) is 18.0 Å². The average Bonchev–Trinajstić information content (AvgIpc) is 2.24. The van der Waals surface area contributed by atoms with Gasteiger partial charge in [0.1, 0.15) is 17.7 Å². The van der Waals surface area contributed by atoms with Crippen LogP contribution < -0.4 is 5.32 Å². The highest BCUT2D eigenvalue weighted by Crippen LogP contribution is 2.22. The molecule has 0 aromatic heterocycles. The summed E-state index contributed by atoms with van der Waals surface area (Å²) in [6.45, 7) is 5.17. The quantitative estimate of drug-likeness (QED) is 0.864. The highest BCUT2D eigenvalue weighted by Gasteiger charge is 2.21. The molecule has 0 aliphatic carbocycles. The van der Waals surface area contributed by atoms with Crippen LogP contribution in [0.2, 0.25) is 5.02 Å². The molecule has 1 amide bonds. The number of nitrogens with one attached hydrogen (secondary N) is 1. The summed E-state index contributed by atoms with van der Waals surface area (Å²) >= 11 is 5.77. The number of benzene rings is 1. The Kier molecular flexibility index (Phi) is 5.51. The molecule has 0 bridgehead atoms. The molecule has 110 valence electrons. The van der Waals surface area contributed by atoms with Crippen LogP contribution in [0.1, 0.15) is 38.8 Å². The summed E-state index contributed by atoms with van der Waals surface area (Å²) in [7, 11) is 0. The number of halogens is 2. The summed E-state index contributed by atoms with van der Waals surface area (Å²) in [5.41, 5.74) is -0.247. The van der Waals surface area contributed by atoms with Crippen molar-refractivity contribution in [3.05, 3.63) is 34.6 Å². The van der Waals surface area contributed by atoms with Gasteiger partial charge in [0.2, 0.25) is 0 Å². The van der Waals surface area contributed by atoms with E-state index in [0.717, 1.165) is 6.07 Å². The minimum Gasteiger partial charge on any atom is -0.444 e. The molecule has 0 radical (unpaired) electrons. The molecule has 0 aliphatic rings. The Morgan fingerprint density at radius 1 is 1.45 bits per heavy atom. The second-order valence-electron chi connectivity index (χ2n) is 5.30. The monoisotopic (exact) mass is 301 g/mol. The maximum Gasteiger partial charge on any atom is 0.408 e. The summed E-state index contributed by atoms with van der Waals surface area (Å²) < 4.78 is 18.4. The van der Waals surface area contributed by atoms with Crippen LogP contribution in [0.4, 0.5) is 9.18 Å². The third-order valence-electron chi connectivity index (χ3n) is 2.31. The Labute approximate surface area is 122 Å². The molecule has 0 spiro atoms. The van der Waals surface area contributed by atoms with Crippen LogP contribution >= 0.6 is 11.6 Å². The highest BCUT2D eigenvalue weighted by molar-refractivity contribution is 6.30. The third kappa shape index (κ3) is 5.57. The van der Waals surface area contributed by atoms with E-state index in [4.69, 9.17) is 16.3 Å². The molecule has 20 heavy (non-hydrogen) atoms. The zero-order chi connectivity index (χ0) is 15.3. The molecule has 0 unspecified atom stereocenters. The van der Waals surface area contributed by atoms with E-state index < -0.39 is 23.6 Å². The van der Waals surface area contributed by atoms with Gasteiger partial charge >= 0.3 is 6.09 Å². The number of amides is 1. The zero-order valence-electron chi connectivity index (χ0n) is 11.6. The SMILES string of the molecule is CC(C)(C)OC(=O)N[C@H](CC=O)c1cc(F)cc(Cl)c1. The number of alkyl carbamates (subject to hydrolysis) is 1. The summed E-state index contributed by atoms with van der Waals surface area (Å²) in [5.74, 6) is -0.533. The zero-order valence-corrected chi connectivity index (χ0v) is 12.3. The van der Waals surface area contributed by atoms with E-state index in [0.29, 0.717) is 11.8 Å². The number of ether oxygens (including phenoxy) is 1. The van der Waals surface area contributed by atoms with Crippen molar-refractivity contribution in [3.8, 4) is 0 Å². The van der Waals surface area contributed by atoms with Gasteiger partial charge in [0.05, 0.1) is 6.04 Å². The third-order valence-corrected chi connectivity index (χ3v) is 2.53. The minimum atomic E-state index is -0.685. The minimum absolute atomic E-state index is 0.000967. The summed E-state index contributed by atoms with van der Waals surface area (Å²) in [6, 6.07) is 3.18. The van der Waals surface area contributed by atoms with Gasteiger partial charge in [-0.2, -0.15) is 0 Å². The summed E-state index contributed by atoms with van der Waals surface area (Å²) in [4.78, 5) is 22.4. The Hall–Kier alpha value is -1.62. The predicted molar refractivity (Wildman–Crippen MR) is 74.2 cm³/mol. The molecule has 1 atom stereocenters. The van der Waals surface area contributed by atoms with Crippen molar-refractivity contribution in [3.63, 3.8) is 0 Å². The largest absolute Gasteiger partial charge is 0.444 e. The molecule has 1 aromatic rings. The fraction of sp³-hybridized carbons (Fsp3) is 0.429. The molecule has 6 heteroatoms. The molecule has 0 saturated heterocycles. The van der Waals surface area contributed by atoms with Gasteiger partial charge in [0.25, 0.3) is 0 Å². The number of carbonyl (C=O) groups excluding carboxylic acids is 2. The van der Waals surface area contributed by atoms with E-state index in [-0.39, 0.29) is 11.4 Å². The predicted octanol–water partition coefficient (Wildman–Crippen LogP) is 3.63.